The molecule has 0 saturated heterocycles. The minimum Gasteiger partial charge on any atom is -0.337 e. The van der Waals surface area contributed by atoms with Gasteiger partial charge >= 0.3 is 0 Å². The number of nitro benzene ring substituents is 1. The Kier molecular flexibility index (Phi) is 12.6. The van der Waals surface area contributed by atoms with Gasteiger partial charge in [-0.25, -0.2) is 18.0 Å². The second kappa shape index (κ2) is 18.8. The first-order chi connectivity index (χ1) is 31.6. The van der Waals surface area contributed by atoms with Crippen LogP contribution in [0, 0.1) is 45.8 Å². The molecule has 7 nitrogen and oxygen atoms in total. The first-order valence-corrected chi connectivity index (χ1v) is 21.3. The first-order valence-electron chi connectivity index (χ1n) is 20.4. The number of benzene rings is 6. The fraction of sp³-hybridized carbons (Fsp3) is 0.0769. The Morgan fingerprint density at radius 3 is 1.86 bits per heavy atom. The molecule has 1 aliphatic carbocycles. The third-order valence-corrected chi connectivity index (χ3v) is 12.0. The Morgan fingerprint density at radius 1 is 0.677 bits per heavy atom. The molecular formula is C52H37F5N5O2S+. The average Bonchev–Trinajstić information content (AvgIpc) is 3.68. The lowest BCUT2D eigenvalue weighted by Crippen LogP contribution is -2.19. The van der Waals surface area contributed by atoms with Crippen molar-refractivity contribution in [2.24, 2.45) is 0 Å². The van der Waals surface area contributed by atoms with E-state index in [0.29, 0.717) is 38.7 Å². The lowest BCUT2D eigenvalue weighted by Gasteiger charge is -2.25. The Bertz CT molecular complexity index is 3080. The summed E-state index contributed by atoms with van der Waals surface area (Å²) in [4.78, 5) is 19.7. The third kappa shape index (κ3) is 8.35. The number of halogens is 5. The molecule has 65 heavy (non-hydrogen) atoms. The summed E-state index contributed by atoms with van der Waals surface area (Å²) in [6, 6.07) is 35.2. The Hall–Kier alpha value is -7.95. The molecule has 0 spiro atoms. The number of nitrogens with zero attached hydrogens (tertiary/aromatic N) is 5. The minimum absolute atomic E-state index is 0.0159. The number of para-hydroxylation sites is 5. The van der Waals surface area contributed by atoms with Crippen molar-refractivity contribution < 1.29 is 31.5 Å². The van der Waals surface area contributed by atoms with E-state index in [9.17, 15) is 10.1 Å². The summed E-state index contributed by atoms with van der Waals surface area (Å²) >= 11 is 1.13. The largest absolute Gasteiger partial charge is 0.337 e. The molecule has 13 heteroatoms. The standard InChI is InChI=1S/C52H37F5N5O2S/c1-4-59(49-40(54)19-13-20-41(49)55)35-29-25-33(26-30-35)46(34-27-31-36(32-28-34)60(5-2)50-42(56)21-14-22-43(50)57)51-47(38-17-9-10-18-39(38)53)48(58-3)52(65-51)61(37-15-7-6-8-16-37)44-23-11-12-24-45(44)62(63)64/h6-32H,4-5H2,1-2H3/q+1. The molecule has 0 aliphatic heterocycles. The van der Waals surface area contributed by atoms with Gasteiger partial charge in [-0.1, -0.05) is 72.8 Å². The molecule has 0 amide bonds. The highest BCUT2D eigenvalue weighted by molar-refractivity contribution is 7.18. The maximum Gasteiger partial charge on any atom is 0.293 e. The van der Waals surface area contributed by atoms with Crippen LogP contribution in [-0.2, 0) is 0 Å². The molecular weight excluding hydrogens is 854 g/mol. The predicted octanol–water partition coefficient (Wildman–Crippen LogP) is 14.9. The molecule has 1 aliphatic rings. The molecule has 322 valence electrons. The van der Waals surface area contributed by atoms with Crippen LogP contribution in [0.5, 0.6) is 0 Å². The molecule has 0 fully saturated rings. The van der Waals surface area contributed by atoms with Crippen LogP contribution in [0.1, 0.15) is 24.3 Å². The van der Waals surface area contributed by atoms with Crippen molar-refractivity contribution in [3.05, 3.63) is 230 Å². The van der Waals surface area contributed by atoms with Crippen LogP contribution >= 0.6 is 11.3 Å². The van der Waals surface area contributed by atoms with Crippen LogP contribution in [0.15, 0.2) is 169 Å². The number of rotatable bonds is 12. The van der Waals surface area contributed by atoms with Crippen molar-refractivity contribution in [2.75, 3.05) is 22.9 Å². The van der Waals surface area contributed by atoms with Crippen LogP contribution < -0.4 is 9.80 Å². The number of allylic oxidation sites excluding steroid dienone is 5. The van der Waals surface area contributed by atoms with Gasteiger partial charge in [0.1, 0.15) is 40.4 Å². The summed E-state index contributed by atoms with van der Waals surface area (Å²) in [6.45, 7) is 12.7. The molecule has 0 bridgehead atoms. The van der Waals surface area contributed by atoms with Crippen molar-refractivity contribution in [1.29, 1.82) is 0 Å². The van der Waals surface area contributed by atoms with Gasteiger partial charge in [-0.15, -0.1) is 11.3 Å². The van der Waals surface area contributed by atoms with E-state index < -0.39 is 34.0 Å². The van der Waals surface area contributed by atoms with Gasteiger partial charge in [-0.3, -0.25) is 10.1 Å². The second-order valence-electron chi connectivity index (χ2n) is 14.6. The highest BCUT2D eigenvalue weighted by Gasteiger charge is 2.33. The van der Waals surface area contributed by atoms with E-state index in [1.54, 1.807) is 128 Å². The minimum atomic E-state index is -0.742. The summed E-state index contributed by atoms with van der Waals surface area (Å²) in [5.74, 6) is -3.59. The Balaban J connectivity index is 1.43. The quantitative estimate of drug-likeness (QED) is 0.0403. The smallest absolute Gasteiger partial charge is 0.293 e. The van der Waals surface area contributed by atoms with Crippen LogP contribution in [0.25, 0.3) is 21.5 Å². The zero-order chi connectivity index (χ0) is 45.8. The second-order valence-corrected chi connectivity index (χ2v) is 15.6. The molecule has 0 radical (unpaired) electrons. The highest BCUT2D eigenvalue weighted by atomic mass is 32.1. The summed E-state index contributed by atoms with van der Waals surface area (Å²) in [7, 11) is 0. The van der Waals surface area contributed by atoms with Crippen LogP contribution in [0.4, 0.5) is 66.8 Å². The highest BCUT2D eigenvalue weighted by Crippen LogP contribution is 2.57. The van der Waals surface area contributed by atoms with E-state index in [1.165, 1.54) is 64.1 Å². The molecule has 1 aromatic heterocycles. The summed E-state index contributed by atoms with van der Waals surface area (Å²) in [6.07, 6.45) is 6.92. The molecule has 8 rings (SSSR count). The van der Waals surface area contributed by atoms with Crippen molar-refractivity contribution in [1.82, 2.24) is 0 Å². The zero-order valence-electron chi connectivity index (χ0n) is 34.9. The molecule has 0 atom stereocenters. The van der Waals surface area contributed by atoms with E-state index in [4.69, 9.17) is 6.57 Å². The van der Waals surface area contributed by atoms with Crippen LogP contribution in [0.2, 0.25) is 0 Å². The Morgan fingerprint density at radius 2 is 1.26 bits per heavy atom. The van der Waals surface area contributed by atoms with E-state index in [0.717, 1.165) is 11.3 Å². The van der Waals surface area contributed by atoms with E-state index >= 15 is 22.0 Å². The van der Waals surface area contributed by atoms with Gasteiger partial charge in [0.25, 0.3) is 11.4 Å². The van der Waals surface area contributed by atoms with Gasteiger partial charge in [-0.05, 0) is 97.8 Å². The van der Waals surface area contributed by atoms with Crippen LogP contribution in [0.3, 0.4) is 0 Å². The maximum absolute atomic E-state index is 16.3. The van der Waals surface area contributed by atoms with Gasteiger partial charge in [-0.2, -0.15) is 13.4 Å². The lowest BCUT2D eigenvalue weighted by molar-refractivity contribution is -0.439. The average molecular weight is 891 g/mol. The lowest BCUT2D eigenvalue weighted by atomic mass is 9.91. The first kappa shape index (κ1) is 43.7. The number of anilines is 5. The zero-order valence-corrected chi connectivity index (χ0v) is 35.7. The van der Waals surface area contributed by atoms with Crippen molar-refractivity contribution in [3.8, 4) is 11.1 Å². The number of nitro groups is 1. The van der Waals surface area contributed by atoms with E-state index in [2.05, 4.69) is 4.85 Å². The SMILES string of the molecule is [C-]#[N+]c1c(N(c2ccccc2)c2ccccc2[N+](=O)[O-])sc(C(=C2C=CC(=[N+](CC)c3c(F)cccc3F)C=C2)c2ccc(N(CC)c3c(F)cccc3F)cc2)c1-c1ccccc1F. The van der Waals surface area contributed by atoms with E-state index in [-0.39, 0.29) is 57.7 Å². The van der Waals surface area contributed by atoms with Crippen molar-refractivity contribution in [2.45, 2.75) is 13.8 Å². The Labute approximate surface area is 375 Å². The predicted molar refractivity (Wildman–Crippen MR) is 249 cm³/mol. The van der Waals surface area contributed by atoms with E-state index in [1.807, 2.05) is 0 Å². The van der Waals surface area contributed by atoms with Gasteiger partial charge in [0.05, 0.1) is 11.5 Å². The summed E-state index contributed by atoms with van der Waals surface area (Å²) in [5.41, 5.74) is 2.84. The molecule has 0 N–H and O–H groups in total. The molecule has 0 saturated carbocycles. The molecule has 7 aromatic rings. The summed E-state index contributed by atoms with van der Waals surface area (Å²) in [5, 5.41) is 12.9. The van der Waals surface area contributed by atoms with Gasteiger partial charge < -0.3 is 9.80 Å². The molecule has 0 unspecified atom stereocenters. The molecule has 1 heterocycles. The topological polar surface area (TPSA) is 57.0 Å². The fourth-order valence-corrected chi connectivity index (χ4v) is 9.36. The monoisotopic (exact) mass is 890 g/mol. The van der Waals surface area contributed by atoms with Gasteiger partial charge in [0, 0.05) is 57.7 Å². The van der Waals surface area contributed by atoms with Crippen LogP contribution in [-0.4, -0.2) is 28.3 Å². The third-order valence-electron chi connectivity index (χ3n) is 10.9. The van der Waals surface area contributed by atoms with Crippen molar-refractivity contribution in [3.63, 3.8) is 0 Å². The number of hydrogen-bond acceptors (Lipinski definition) is 5. The normalized spacial score (nSPS) is 12.0. The van der Waals surface area contributed by atoms with Gasteiger partial charge in [0.2, 0.25) is 11.4 Å². The fourth-order valence-electron chi connectivity index (χ4n) is 7.98. The maximum atomic E-state index is 16.3. The van der Waals surface area contributed by atoms with Gasteiger partial charge in [0.15, 0.2) is 11.6 Å². The molecule has 6 aromatic carbocycles. The summed E-state index contributed by atoms with van der Waals surface area (Å²) < 4.78 is 78.5. The number of hydrogen-bond donors (Lipinski definition) is 0. The number of thiophene rings is 1. The van der Waals surface area contributed by atoms with Crippen molar-refractivity contribution >= 4 is 67.4 Å².